The van der Waals surface area contributed by atoms with Gasteiger partial charge in [-0.1, -0.05) is 12.1 Å². The van der Waals surface area contributed by atoms with Crippen LogP contribution in [0, 0.1) is 5.82 Å². The monoisotopic (exact) mass is 444 g/mol. The summed E-state index contributed by atoms with van der Waals surface area (Å²) in [6, 6.07) is 16.8. The molecule has 0 unspecified atom stereocenters. The zero-order chi connectivity index (χ0) is 22.8. The minimum atomic E-state index is -0.549. The predicted molar refractivity (Wildman–Crippen MR) is 122 cm³/mol. The third-order valence-corrected chi connectivity index (χ3v) is 5.47. The highest BCUT2D eigenvalue weighted by Gasteiger charge is 2.24. The zero-order valence-electron chi connectivity index (χ0n) is 17.7. The Morgan fingerprint density at radius 3 is 2.82 bits per heavy atom. The molecule has 4 aromatic rings. The van der Waals surface area contributed by atoms with Crippen LogP contribution in [0.1, 0.15) is 28.9 Å². The van der Waals surface area contributed by atoms with Crippen molar-refractivity contribution in [3.8, 4) is 5.75 Å². The molecule has 1 aliphatic heterocycles. The fourth-order valence-corrected chi connectivity index (χ4v) is 3.85. The first-order chi connectivity index (χ1) is 16.1. The SMILES string of the molecule is O=C(Nc1ccc(N2CCCC2=O)c(F)c1)c1cccc(OCc2cn3ccccc3n2)c1. The van der Waals surface area contributed by atoms with Gasteiger partial charge in [-0.05, 0) is 55.0 Å². The maximum Gasteiger partial charge on any atom is 0.255 e. The van der Waals surface area contributed by atoms with Crippen molar-refractivity contribution in [3.63, 3.8) is 0 Å². The van der Waals surface area contributed by atoms with Crippen LogP contribution in [0.15, 0.2) is 73.1 Å². The van der Waals surface area contributed by atoms with E-state index in [2.05, 4.69) is 10.3 Å². The van der Waals surface area contributed by atoms with Crippen LogP contribution in [-0.2, 0) is 11.4 Å². The first-order valence-corrected chi connectivity index (χ1v) is 10.6. The number of fused-ring (bicyclic) bond motifs is 1. The molecule has 0 aliphatic carbocycles. The van der Waals surface area contributed by atoms with Crippen molar-refractivity contribution in [2.24, 2.45) is 0 Å². The first kappa shape index (κ1) is 20.7. The molecule has 0 bridgehead atoms. The van der Waals surface area contributed by atoms with E-state index < -0.39 is 11.7 Å². The molecule has 1 saturated heterocycles. The maximum atomic E-state index is 14.6. The summed E-state index contributed by atoms with van der Waals surface area (Å²) in [5.41, 5.74) is 2.52. The Kier molecular flexibility index (Phi) is 5.48. The van der Waals surface area contributed by atoms with Crippen LogP contribution >= 0.6 is 0 Å². The Morgan fingerprint density at radius 1 is 1.12 bits per heavy atom. The van der Waals surface area contributed by atoms with Crippen molar-refractivity contribution >= 4 is 28.8 Å². The molecule has 0 atom stereocenters. The van der Waals surface area contributed by atoms with E-state index in [-0.39, 0.29) is 18.2 Å². The Hall–Kier alpha value is -4.20. The molecule has 1 N–H and O–H groups in total. The third kappa shape index (κ3) is 4.41. The van der Waals surface area contributed by atoms with Gasteiger partial charge in [0, 0.05) is 36.6 Å². The van der Waals surface area contributed by atoms with Crippen LogP contribution in [-0.4, -0.2) is 27.7 Å². The number of pyridine rings is 1. The van der Waals surface area contributed by atoms with Crippen LogP contribution in [0.3, 0.4) is 0 Å². The number of amides is 2. The van der Waals surface area contributed by atoms with Gasteiger partial charge >= 0.3 is 0 Å². The average molecular weight is 444 g/mol. The standard InChI is InChI=1S/C25H21FN4O3/c26-21-14-18(9-10-22(21)30-12-4-8-24(30)31)28-25(32)17-5-3-6-20(13-17)33-16-19-15-29-11-2-1-7-23(29)27-19/h1-3,5-7,9-11,13-15H,4,8,12,16H2,(H,28,32). The predicted octanol–water partition coefficient (Wildman–Crippen LogP) is 4.43. The summed E-state index contributed by atoms with van der Waals surface area (Å²) in [5, 5.41) is 2.69. The molecule has 2 aromatic heterocycles. The maximum absolute atomic E-state index is 14.6. The average Bonchev–Trinajstić information content (AvgIpc) is 3.43. The molecule has 0 radical (unpaired) electrons. The Bertz CT molecular complexity index is 1320. The molecule has 1 aliphatic rings. The van der Waals surface area contributed by atoms with E-state index in [1.807, 2.05) is 35.0 Å². The Labute approximate surface area is 189 Å². The van der Waals surface area contributed by atoms with Gasteiger partial charge in [0.25, 0.3) is 5.91 Å². The second-order valence-electron chi connectivity index (χ2n) is 7.78. The van der Waals surface area contributed by atoms with Gasteiger partial charge in [-0.25, -0.2) is 9.37 Å². The highest BCUT2D eigenvalue weighted by atomic mass is 19.1. The van der Waals surface area contributed by atoms with Crippen LogP contribution < -0.4 is 15.0 Å². The number of carbonyl (C=O) groups excluding carboxylic acids is 2. The minimum Gasteiger partial charge on any atom is -0.487 e. The number of carbonyl (C=O) groups is 2. The van der Waals surface area contributed by atoms with Crippen LogP contribution in [0.4, 0.5) is 15.8 Å². The smallest absolute Gasteiger partial charge is 0.255 e. The number of imidazole rings is 1. The Morgan fingerprint density at radius 2 is 2.03 bits per heavy atom. The lowest BCUT2D eigenvalue weighted by Gasteiger charge is -2.17. The van der Waals surface area contributed by atoms with E-state index >= 15 is 0 Å². The molecule has 3 heterocycles. The number of hydrogen-bond acceptors (Lipinski definition) is 4. The van der Waals surface area contributed by atoms with Crippen LogP contribution in [0.2, 0.25) is 0 Å². The largest absolute Gasteiger partial charge is 0.487 e. The number of nitrogens with zero attached hydrogens (tertiary/aromatic N) is 3. The molecule has 166 valence electrons. The van der Waals surface area contributed by atoms with E-state index in [1.54, 1.807) is 30.3 Å². The Balaban J connectivity index is 1.25. The second kappa shape index (κ2) is 8.74. The topological polar surface area (TPSA) is 75.9 Å². The van der Waals surface area contributed by atoms with Crippen LogP contribution in [0.5, 0.6) is 5.75 Å². The third-order valence-electron chi connectivity index (χ3n) is 5.47. The lowest BCUT2D eigenvalue weighted by molar-refractivity contribution is -0.117. The van der Waals surface area contributed by atoms with Gasteiger partial charge in [0.15, 0.2) is 0 Å². The number of anilines is 2. The molecule has 8 heteroatoms. The van der Waals surface area contributed by atoms with Crippen molar-refractivity contribution in [1.29, 1.82) is 0 Å². The summed E-state index contributed by atoms with van der Waals surface area (Å²) in [5.74, 6) is -0.509. The van der Waals surface area contributed by atoms with Gasteiger partial charge in [0.05, 0.1) is 11.4 Å². The number of benzene rings is 2. The number of halogens is 1. The molecular formula is C25H21FN4O3. The highest BCUT2D eigenvalue weighted by Crippen LogP contribution is 2.27. The molecule has 5 rings (SSSR count). The fourth-order valence-electron chi connectivity index (χ4n) is 3.85. The highest BCUT2D eigenvalue weighted by molar-refractivity contribution is 6.04. The van der Waals surface area contributed by atoms with Crippen molar-refractivity contribution in [3.05, 3.63) is 90.1 Å². The number of hydrogen-bond donors (Lipinski definition) is 1. The summed E-state index contributed by atoms with van der Waals surface area (Å²) in [4.78, 5) is 30.5. The first-order valence-electron chi connectivity index (χ1n) is 10.6. The molecule has 7 nitrogen and oxygen atoms in total. The number of rotatable bonds is 6. The van der Waals surface area contributed by atoms with Crippen molar-refractivity contribution in [1.82, 2.24) is 9.38 Å². The zero-order valence-corrected chi connectivity index (χ0v) is 17.7. The lowest BCUT2D eigenvalue weighted by atomic mass is 10.2. The van der Waals surface area contributed by atoms with Crippen molar-refractivity contribution in [2.75, 3.05) is 16.8 Å². The quantitative estimate of drug-likeness (QED) is 0.477. The van der Waals surface area contributed by atoms with Gasteiger partial charge in [-0.2, -0.15) is 0 Å². The van der Waals surface area contributed by atoms with E-state index in [1.165, 1.54) is 17.0 Å². The molecule has 2 amide bonds. The number of ether oxygens (including phenoxy) is 1. The van der Waals surface area contributed by atoms with Gasteiger partial charge in [0.1, 0.15) is 23.8 Å². The normalized spacial score (nSPS) is 13.5. The number of aromatic nitrogens is 2. The summed E-state index contributed by atoms with van der Waals surface area (Å²) in [7, 11) is 0. The molecule has 2 aromatic carbocycles. The lowest BCUT2D eigenvalue weighted by Crippen LogP contribution is -2.24. The van der Waals surface area contributed by atoms with Crippen molar-refractivity contribution in [2.45, 2.75) is 19.4 Å². The van der Waals surface area contributed by atoms with Crippen LogP contribution in [0.25, 0.3) is 5.65 Å². The van der Waals surface area contributed by atoms with Gasteiger partial charge in [0.2, 0.25) is 5.91 Å². The van der Waals surface area contributed by atoms with E-state index in [4.69, 9.17) is 4.74 Å². The summed E-state index contributed by atoms with van der Waals surface area (Å²) in [6.07, 6.45) is 4.94. The fraction of sp³-hybridized carbons (Fsp3) is 0.160. The van der Waals surface area contributed by atoms with Gasteiger partial charge in [-0.15, -0.1) is 0 Å². The van der Waals surface area contributed by atoms with E-state index in [9.17, 15) is 14.0 Å². The molecule has 1 fully saturated rings. The second-order valence-corrected chi connectivity index (χ2v) is 7.78. The minimum absolute atomic E-state index is 0.0915. The molecule has 33 heavy (non-hydrogen) atoms. The summed E-state index contributed by atoms with van der Waals surface area (Å²) < 4.78 is 22.3. The van der Waals surface area contributed by atoms with E-state index in [0.29, 0.717) is 36.4 Å². The van der Waals surface area contributed by atoms with Gasteiger partial charge < -0.3 is 19.4 Å². The van der Waals surface area contributed by atoms with Crippen molar-refractivity contribution < 1.29 is 18.7 Å². The van der Waals surface area contributed by atoms with Gasteiger partial charge in [-0.3, -0.25) is 9.59 Å². The summed E-state index contributed by atoms with van der Waals surface area (Å²) in [6.45, 7) is 0.762. The molecular weight excluding hydrogens is 423 g/mol. The van der Waals surface area contributed by atoms with E-state index in [0.717, 1.165) is 11.3 Å². The molecule has 0 spiro atoms. The summed E-state index contributed by atoms with van der Waals surface area (Å²) >= 11 is 0. The number of nitrogens with one attached hydrogen (secondary N) is 1. The molecule has 0 saturated carbocycles.